The number of unbranched alkanes of at least 4 members (excludes halogenated alkanes) is 1. The van der Waals surface area contributed by atoms with Crippen LogP contribution >= 0.6 is 0 Å². The molecule has 0 amide bonds. The zero-order valence-electron chi connectivity index (χ0n) is 14.9. The van der Waals surface area contributed by atoms with Crippen molar-refractivity contribution in [2.24, 2.45) is 0 Å². The molecule has 0 aromatic heterocycles. The van der Waals surface area contributed by atoms with E-state index in [1.165, 1.54) is 36.4 Å². The van der Waals surface area contributed by atoms with Gasteiger partial charge in [0.25, 0.3) is 11.4 Å². The van der Waals surface area contributed by atoms with Gasteiger partial charge in [-0.1, -0.05) is 0 Å². The van der Waals surface area contributed by atoms with Crippen LogP contribution in [0.15, 0.2) is 36.4 Å². The molecule has 2 aromatic carbocycles. The van der Waals surface area contributed by atoms with Crippen molar-refractivity contribution < 1.29 is 29.5 Å². The molecule has 0 saturated heterocycles. The smallest absolute Gasteiger partial charge is 0.275 e. The number of aliphatic hydroxyl groups is 2. The normalized spacial score (nSPS) is 10.5. The monoisotopic (exact) mass is 392 g/mol. The van der Waals surface area contributed by atoms with Crippen LogP contribution in [0.25, 0.3) is 0 Å². The summed E-state index contributed by atoms with van der Waals surface area (Å²) in [6.45, 7) is -0.193. The summed E-state index contributed by atoms with van der Waals surface area (Å²) in [6, 6.07) is 8.39. The Balaban J connectivity index is 1.76. The first kappa shape index (κ1) is 21.1. The summed E-state index contributed by atoms with van der Waals surface area (Å²) in [6.07, 6.45) is 1.29. The van der Waals surface area contributed by atoms with Crippen LogP contribution in [0.5, 0.6) is 11.5 Å². The maximum absolute atomic E-state index is 10.8. The maximum atomic E-state index is 10.8. The topological polar surface area (TPSA) is 145 Å². The molecule has 0 spiro atoms. The van der Waals surface area contributed by atoms with Crippen LogP contribution in [-0.2, 0) is 13.2 Å². The van der Waals surface area contributed by atoms with Crippen molar-refractivity contribution in [2.45, 2.75) is 26.1 Å². The second kappa shape index (κ2) is 10.2. The summed E-state index contributed by atoms with van der Waals surface area (Å²) < 4.78 is 11.0. The zero-order valence-corrected chi connectivity index (χ0v) is 14.9. The summed E-state index contributed by atoms with van der Waals surface area (Å²) in [5.41, 5.74) is 0.0505. The summed E-state index contributed by atoms with van der Waals surface area (Å²) in [4.78, 5) is 20.5. The van der Waals surface area contributed by atoms with E-state index in [9.17, 15) is 30.4 Å². The van der Waals surface area contributed by atoms with Gasteiger partial charge in [0.15, 0.2) is 0 Å². The minimum atomic E-state index is -0.562. The van der Waals surface area contributed by atoms with Crippen molar-refractivity contribution in [1.29, 1.82) is 0 Å². The van der Waals surface area contributed by atoms with E-state index in [2.05, 4.69) is 0 Å². The minimum absolute atomic E-state index is 0.159. The van der Waals surface area contributed by atoms with Gasteiger partial charge in [0.05, 0.1) is 47.4 Å². The van der Waals surface area contributed by atoms with E-state index < -0.39 is 23.1 Å². The molecular formula is C18H20N2O8. The Morgan fingerprint density at radius 1 is 0.750 bits per heavy atom. The molecule has 0 unspecified atom stereocenters. The quantitative estimate of drug-likeness (QED) is 0.337. The molecule has 10 nitrogen and oxygen atoms in total. The van der Waals surface area contributed by atoms with E-state index in [0.29, 0.717) is 37.6 Å². The molecule has 0 atom stereocenters. The number of hydrogen-bond donors (Lipinski definition) is 2. The molecule has 0 aliphatic heterocycles. The highest BCUT2D eigenvalue weighted by molar-refractivity contribution is 5.45. The molecule has 0 radical (unpaired) electrons. The zero-order chi connectivity index (χ0) is 20.5. The third-order valence-corrected chi connectivity index (χ3v) is 3.91. The van der Waals surface area contributed by atoms with E-state index in [0.717, 1.165) is 0 Å². The van der Waals surface area contributed by atoms with Crippen LogP contribution in [0.4, 0.5) is 11.4 Å². The Labute approximate surface area is 160 Å². The van der Waals surface area contributed by atoms with Gasteiger partial charge in [-0.15, -0.1) is 0 Å². The van der Waals surface area contributed by atoms with Gasteiger partial charge >= 0.3 is 0 Å². The van der Waals surface area contributed by atoms with Crippen LogP contribution in [0.2, 0.25) is 0 Å². The number of nitro benzene ring substituents is 2. The highest BCUT2D eigenvalue weighted by Crippen LogP contribution is 2.25. The highest BCUT2D eigenvalue weighted by Gasteiger charge is 2.14. The van der Waals surface area contributed by atoms with E-state index in [4.69, 9.17) is 9.47 Å². The molecule has 0 bridgehead atoms. The van der Waals surface area contributed by atoms with Crippen LogP contribution in [-0.4, -0.2) is 33.3 Å². The lowest BCUT2D eigenvalue weighted by Crippen LogP contribution is -2.04. The van der Waals surface area contributed by atoms with Gasteiger partial charge in [-0.3, -0.25) is 20.2 Å². The Hall–Kier alpha value is -3.24. The molecule has 0 aliphatic rings. The molecular weight excluding hydrogens is 372 g/mol. The van der Waals surface area contributed by atoms with Crippen molar-refractivity contribution in [3.63, 3.8) is 0 Å². The molecule has 2 aromatic rings. The highest BCUT2D eigenvalue weighted by atomic mass is 16.6. The van der Waals surface area contributed by atoms with Crippen molar-refractivity contribution in [2.75, 3.05) is 13.2 Å². The fourth-order valence-corrected chi connectivity index (χ4v) is 2.50. The largest absolute Gasteiger partial charge is 0.494 e. The molecule has 2 rings (SSSR count). The van der Waals surface area contributed by atoms with Crippen LogP contribution < -0.4 is 9.47 Å². The van der Waals surface area contributed by atoms with Gasteiger partial charge in [0.2, 0.25) is 0 Å². The fourth-order valence-electron chi connectivity index (χ4n) is 2.50. The fraction of sp³-hybridized carbons (Fsp3) is 0.333. The molecule has 28 heavy (non-hydrogen) atoms. The predicted octanol–water partition coefficient (Wildman–Crippen LogP) is 2.73. The Morgan fingerprint density at radius 2 is 1.14 bits per heavy atom. The average molecular weight is 392 g/mol. The molecule has 0 aliphatic carbocycles. The van der Waals surface area contributed by atoms with Crippen molar-refractivity contribution in [1.82, 2.24) is 0 Å². The number of ether oxygens (including phenoxy) is 2. The Kier molecular flexibility index (Phi) is 7.66. The summed E-state index contributed by atoms with van der Waals surface area (Å²) in [5.74, 6) is 0.858. The predicted molar refractivity (Wildman–Crippen MR) is 98.3 cm³/mol. The number of nitro groups is 2. The number of benzene rings is 2. The van der Waals surface area contributed by atoms with Crippen LogP contribution in [0.3, 0.4) is 0 Å². The number of nitrogens with zero attached hydrogens (tertiary/aromatic N) is 2. The van der Waals surface area contributed by atoms with Crippen LogP contribution in [0.1, 0.15) is 24.0 Å². The van der Waals surface area contributed by atoms with Crippen LogP contribution in [0, 0.1) is 20.2 Å². The molecule has 10 heteroatoms. The third kappa shape index (κ3) is 5.63. The number of aliphatic hydroxyl groups excluding tert-OH is 2. The molecule has 0 saturated carbocycles. The molecule has 2 N–H and O–H groups in total. The summed E-state index contributed by atoms with van der Waals surface area (Å²) in [7, 11) is 0. The number of rotatable bonds is 11. The lowest BCUT2D eigenvalue weighted by Gasteiger charge is -2.09. The van der Waals surface area contributed by atoms with Crippen molar-refractivity contribution in [3.05, 3.63) is 67.8 Å². The van der Waals surface area contributed by atoms with Gasteiger partial charge in [-0.25, -0.2) is 0 Å². The SMILES string of the molecule is O=[N+]([O-])c1ccc(OCCCCOc2ccc([N+](=O)[O-])c(CO)c2)cc1CO. The Bertz CT molecular complexity index is 771. The average Bonchev–Trinajstić information content (AvgIpc) is 2.69. The van der Waals surface area contributed by atoms with Gasteiger partial charge in [-0.2, -0.15) is 0 Å². The standard InChI is InChI=1S/C18H20N2O8/c21-11-13-9-15(3-5-17(13)19(23)24)27-7-1-2-8-28-16-4-6-18(20(25)26)14(10-16)12-22/h3-6,9-10,21-22H,1-2,7-8,11-12H2. The lowest BCUT2D eigenvalue weighted by atomic mass is 10.2. The second-order valence-electron chi connectivity index (χ2n) is 5.82. The first-order valence-corrected chi connectivity index (χ1v) is 8.48. The van der Waals surface area contributed by atoms with Gasteiger partial charge in [-0.05, 0) is 37.1 Å². The first-order chi connectivity index (χ1) is 13.5. The van der Waals surface area contributed by atoms with Gasteiger partial charge in [0.1, 0.15) is 11.5 Å². The number of hydrogen-bond acceptors (Lipinski definition) is 8. The third-order valence-electron chi connectivity index (χ3n) is 3.91. The molecule has 0 fully saturated rings. The van der Waals surface area contributed by atoms with E-state index in [1.807, 2.05) is 0 Å². The minimum Gasteiger partial charge on any atom is -0.494 e. The first-order valence-electron chi connectivity index (χ1n) is 8.48. The van der Waals surface area contributed by atoms with Gasteiger partial charge in [0, 0.05) is 12.1 Å². The van der Waals surface area contributed by atoms with E-state index >= 15 is 0 Å². The molecule has 0 heterocycles. The van der Waals surface area contributed by atoms with E-state index in [1.54, 1.807) is 0 Å². The van der Waals surface area contributed by atoms with E-state index in [-0.39, 0.29) is 22.5 Å². The summed E-state index contributed by atoms with van der Waals surface area (Å²) in [5, 5.41) is 40.0. The van der Waals surface area contributed by atoms with Crippen molar-refractivity contribution >= 4 is 11.4 Å². The second-order valence-corrected chi connectivity index (χ2v) is 5.82. The molecule has 150 valence electrons. The van der Waals surface area contributed by atoms with Gasteiger partial charge < -0.3 is 19.7 Å². The Morgan fingerprint density at radius 3 is 1.46 bits per heavy atom. The lowest BCUT2D eigenvalue weighted by molar-refractivity contribution is -0.386. The maximum Gasteiger partial charge on any atom is 0.275 e. The van der Waals surface area contributed by atoms with Crippen molar-refractivity contribution in [3.8, 4) is 11.5 Å². The summed E-state index contributed by atoms with van der Waals surface area (Å²) >= 11 is 0.